The Bertz CT molecular complexity index is 640. The van der Waals surface area contributed by atoms with Crippen LogP contribution in [-0.2, 0) is 13.0 Å². The van der Waals surface area contributed by atoms with E-state index in [1.165, 1.54) is 11.3 Å². The van der Waals surface area contributed by atoms with E-state index in [9.17, 15) is 0 Å². The maximum absolute atomic E-state index is 6.26. The average molecular weight is 307 g/mol. The van der Waals surface area contributed by atoms with Crippen molar-refractivity contribution < 1.29 is 0 Å². The molecule has 0 amide bonds. The van der Waals surface area contributed by atoms with Gasteiger partial charge in [0.2, 0.25) is 0 Å². The second kappa shape index (κ2) is 5.55. The van der Waals surface area contributed by atoms with Crippen LogP contribution in [0.2, 0.25) is 10.0 Å². The van der Waals surface area contributed by atoms with Gasteiger partial charge in [-0.25, -0.2) is 0 Å². The van der Waals surface area contributed by atoms with Crippen molar-refractivity contribution in [1.82, 2.24) is 0 Å². The normalized spacial score (nSPS) is 14.2. The molecule has 104 valence electrons. The Morgan fingerprint density at radius 1 is 1.15 bits per heavy atom. The van der Waals surface area contributed by atoms with Gasteiger partial charge >= 0.3 is 0 Å². The van der Waals surface area contributed by atoms with Crippen molar-refractivity contribution in [3.63, 3.8) is 0 Å². The van der Waals surface area contributed by atoms with E-state index in [2.05, 4.69) is 11.0 Å². The summed E-state index contributed by atoms with van der Waals surface area (Å²) in [5.74, 6) is 0. The molecule has 20 heavy (non-hydrogen) atoms. The molecule has 1 aliphatic rings. The van der Waals surface area contributed by atoms with Crippen molar-refractivity contribution in [3.05, 3.63) is 57.6 Å². The van der Waals surface area contributed by atoms with E-state index in [1.807, 2.05) is 30.3 Å². The smallest absolute Gasteiger partial charge is 0.0456 e. The number of nitrogens with two attached hydrogens (primary N) is 1. The van der Waals surface area contributed by atoms with Crippen LogP contribution in [-0.4, -0.2) is 6.54 Å². The number of nitrogen functional groups attached to an aromatic ring is 1. The van der Waals surface area contributed by atoms with Crippen LogP contribution < -0.4 is 10.6 Å². The number of halogens is 2. The summed E-state index contributed by atoms with van der Waals surface area (Å²) in [5, 5.41) is 1.47. The molecule has 0 fully saturated rings. The molecule has 1 aliphatic heterocycles. The number of rotatable bonds is 2. The summed E-state index contributed by atoms with van der Waals surface area (Å²) < 4.78 is 0. The molecule has 2 nitrogen and oxygen atoms in total. The van der Waals surface area contributed by atoms with E-state index in [0.29, 0.717) is 5.02 Å². The first-order chi connectivity index (χ1) is 9.65. The van der Waals surface area contributed by atoms with Crippen molar-refractivity contribution in [1.29, 1.82) is 0 Å². The third-order valence-corrected chi connectivity index (χ3v) is 4.36. The van der Waals surface area contributed by atoms with Gasteiger partial charge in [0.05, 0.1) is 0 Å². The van der Waals surface area contributed by atoms with Crippen LogP contribution in [0.15, 0.2) is 36.4 Å². The number of hydrogen-bond acceptors (Lipinski definition) is 2. The predicted molar refractivity (Wildman–Crippen MR) is 86.7 cm³/mol. The highest BCUT2D eigenvalue weighted by molar-refractivity contribution is 6.33. The zero-order valence-corrected chi connectivity index (χ0v) is 12.6. The van der Waals surface area contributed by atoms with Crippen LogP contribution in [0.4, 0.5) is 11.4 Å². The van der Waals surface area contributed by atoms with Crippen LogP contribution >= 0.6 is 23.2 Å². The van der Waals surface area contributed by atoms with Gasteiger partial charge in [0.15, 0.2) is 0 Å². The third-order valence-electron chi connectivity index (χ3n) is 3.75. The predicted octanol–water partition coefficient (Wildman–Crippen LogP) is 4.53. The first kappa shape index (κ1) is 13.6. The summed E-state index contributed by atoms with van der Waals surface area (Å²) in [4.78, 5) is 2.33. The molecule has 0 atom stereocenters. The number of fused-ring (bicyclic) bond motifs is 1. The molecule has 4 heteroatoms. The van der Waals surface area contributed by atoms with E-state index >= 15 is 0 Å². The molecule has 0 radical (unpaired) electrons. The van der Waals surface area contributed by atoms with Crippen molar-refractivity contribution in [2.45, 2.75) is 19.4 Å². The van der Waals surface area contributed by atoms with E-state index in [-0.39, 0.29) is 0 Å². The van der Waals surface area contributed by atoms with E-state index < -0.39 is 0 Å². The fourth-order valence-electron chi connectivity index (χ4n) is 2.76. The van der Waals surface area contributed by atoms with Gasteiger partial charge in [-0.2, -0.15) is 0 Å². The van der Waals surface area contributed by atoms with E-state index in [1.54, 1.807) is 0 Å². The zero-order valence-electron chi connectivity index (χ0n) is 11.1. The molecule has 2 N–H and O–H groups in total. The minimum atomic E-state index is 0.717. The number of benzene rings is 2. The largest absolute Gasteiger partial charge is 0.398 e. The number of nitrogens with zero attached hydrogens (tertiary/aromatic N) is 1. The Morgan fingerprint density at radius 2 is 2.00 bits per heavy atom. The highest BCUT2D eigenvalue weighted by Crippen LogP contribution is 2.33. The van der Waals surface area contributed by atoms with Gasteiger partial charge in [0.1, 0.15) is 0 Å². The van der Waals surface area contributed by atoms with Crippen molar-refractivity contribution >= 4 is 34.6 Å². The molecule has 0 spiro atoms. The molecule has 0 unspecified atom stereocenters. The molecule has 0 aromatic heterocycles. The van der Waals surface area contributed by atoms with Crippen LogP contribution in [0.3, 0.4) is 0 Å². The fourth-order valence-corrected chi connectivity index (χ4v) is 3.13. The van der Waals surface area contributed by atoms with Crippen molar-refractivity contribution in [2.24, 2.45) is 0 Å². The lowest BCUT2D eigenvalue weighted by Crippen LogP contribution is -2.29. The average Bonchev–Trinajstić information content (AvgIpc) is 2.44. The minimum Gasteiger partial charge on any atom is -0.398 e. The third kappa shape index (κ3) is 2.58. The summed E-state index contributed by atoms with van der Waals surface area (Å²) in [6.45, 7) is 1.77. The van der Waals surface area contributed by atoms with Gasteiger partial charge in [0, 0.05) is 34.5 Å². The van der Waals surface area contributed by atoms with Crippen LogP contribution in [0.1, 0.15) is 17.5 Å². The fraction of sp³-hybridized carbons (Fsp3) is 0.250. The van der Waals surface area contributed by atoms with Gasteiger partial charge in [-0.1, -0.05) is 29.3 Å². The Morgan fingerprint density at radius 3 is 2.85 bits per heavy atom. The zero-order chi connectivity index (χ0) is 14.1. The van der Waals surface area contributed by atoms with Crippen LogP contribution in [0.5, 0.6) is 0 Å². The lowest BCUT2D eigenvalue weighted by molar-refractivity contribution is 0.692. The van der Waals surface area contributed by atoms with Crippen molar-refractivity contribution in [3.8, 4) is 0 Å². The van der Waals surface area contributed by atoms with Crippen molar-refractivity contribution in [2.75, 3.05) is 17.2 Å². The van der Waals surface area contributed by atoms with E-state index in [4.69, 9.17) is 28.9 Å². The maximum Gasteiger partial charge on any atom is 0.0456 e. The van der Waals surface area contributed by atoms with Gasteiger partial charge in [0.25, 0.3) is 0 Å². The van der Waals surface area contributed by atoms with Gasteiger partial charge in [-0.15, -0.1) is 0 Å². The molecule has 0 bridgehead atoms. The summed E-state index contributed by atoms with van der Waals surface area (Å²) >= 11 is 12.3. The highest BCUT2D eigenvalue weighted by Gasteiger charge is 2.19. The standard InChI is InChI=1S/C16H16Cl2N2/c17-12-6-7-14(18)11(9-12)10-20-8-2-3-13-15(19)4-1-5-16(13)20/h1,4-7,9H,2-3,8,10,19H2. The Kier molecular flexibility index (Phi) is 3.77. The molecular weight excluding hydrogens is 291 g/mol. The second-order valence-corrected chi connectivity index (χ2v) is 5.95. The summed E-state index contributed by atoms with van der Waals surface area (Å²) in [6, 6.07) is 11.7. The van der Waals surface area contributed by atoms with Gasteiger partial charge < -0.3 is 10.6 Å². The number of hydrogen-bond donors (Lipinski definition) is 1. The minimum absolute atomic E-state index is 0.717. The van der Waals surface area contributed by atoms with Gasteiger partial charge in [-0.3, -0.25) is 0 Å². The van der Waals surface area contributed by atoms with Crippen LogP contribution in [0.25, 0.3) is 0 Å². The quantitative estimate of drug-likeness (QED) is 0.826. The summed E-state index contributed by atoms with van der Waals surface area (Å²) in [7, 11) is 0. The van der Waals surface area contributed by atoms with Gasteiger partial charge in [-0.05, 0) is 54.3 Å². The molecular formula is C16H16Cl2N2. The topological polar surface area (TPSA) is 29.3 Å². The Balaban J connectivity index is 1.94. The van der Waals surface area contributed by atoms with Crippen LogP contribution in [0, 0.1) is 0 Å². The SMILES string of the molecule is Nc1cccc2c1CCCN2Cc1cc(Cl)ccc1Cl. The van der Waals surface area contributed by atoms with E-state index in [0.717, 1.165) is 42.2 Å². The first-order valence-electron chi connectivity index (χ1n) is 6.71. The molecule has 2 aromatic rings. The molecule has 0 saturated heterocycles. The highest BCUT2D eigenvalue weighted by atomic mass is 35.5. The molecule has 3 rings (SSSR count). The first-order valence-corrected chi connectivity index (χ1v) is 7.47. The Hall–Kier alpha value is -1.38. The maximum atomic E-state index is 6.26. The molecule has 0 aliphatic carbocycles. The monoisotopic (exact) mass is 306 g/mol. The molecule has 1 heterocycles. The summed E-state index contributed by atoms with van der Waals surface area (Å²) in [6.07, 6.45) is 2.15. The molecule has 0 saturated carbocycles. The lowest BCUT2D eigenvalue weighted by Gasteiger charge is -2.32. The lowest BCUT2D eigenvalue weighted by atomic mass is 9.99. The molecule has 2 aromatic carbocycles. The second-order valence-electron chi connectivity index (χ2n) is 5.11. The Labute approximate surface area is 129 Å². The summed E-state index contributed by atoms with van der Waals surface area (Å²) in [5.41, 5.74) is 10.5. The number of anilines is 2.